The Morgan fingerprint density at radius 1 is 1.62 bits per heavy atom. The van der Waals surface area contributed by atoms with Crippen molar-refractivity contribution < 1.29 is 0 Å². The molecule has 0 atom stereocenters. The number of nitrogens with one attached hydrogen (secondary N) is 2. The number of hydrogen-bond acceptors (Lipinski definition) is 2. The van der Waals surface area contributed by atoms with E-state index < -0.39 is 0 Å². The van der Waals surface area contributed by atoms with E-state index in [1.165, 1.54) is 5.70 Å². The van der Waals surface area contributed by atoms with Crippen molar-refractivity contribution in [1.82, 2.24) is 10.6 Å². The summed E-state index contributed by atoms with van der Waals surface area (Å²) in [4.78, 5) is 0. The summed E-state index contributed by atoms with van der Waals surface area (Å²) in [6.07, 6.45) is 1.06. The molecule has 46 valence electrons. The van der Waals surface area contributed by atoms with Gasteiger partial charge in [0.2, 0.25) is 0 Å². The van der Waals surface area contributed by atoms with Gasteiger partial charge in [-0.1, -0.05) is 6.92 Å². The molecule has 0 spiro atoms. The first-order chi connectivity index (χ1) is 3.84. The molecule has 1 aliphatic rings. The number of hydrogen-bond donors (Lipinski definition) is 2. The second-order valence-corrected chi connectivity index (χ2v) is 2.47. The average molecular weight is 177 g/mol. The van der Waals surface area contributed by atoms with Gasteiger partial charge in [0.15, 0.2) is 0 Å². The lowest BCUT2D eigenvalue weighted by Crippen LogP contribution is -2.14. The molecule has 0 saturated heterocycles. The minimum atomic E-state index is 0.865. The van der Waals surface area contributed by atoms with E-state index in [4.69, 9.17) is 0 Å². The highest BCUT2D eigenvalue weighted by atomic mass is 79.9. The SMILES string of the molecule is CCC1=C(Br)NCN1. The first kappa shape index (κ1) is 5.95. The standard InChI is InChI=1S/C5H9BrN2/c1-2-4-5(6)8-3-7-4/h7-8H,2-3H2,1H3. The third-order valence-corrected chi connectivity index (χ3v) is 1.92. The van der Waals surface area contributed by atoms with E-state index in [0.717, 1.165) is 17.7 Å². The van der Waals surface area contributed by atoms with Crippen molar-refractivity contribution in [2.24, 2.45) is 0 Å². The highest BCUT2D eigenvalue weighted by Gasteiger charge is 2.05. The van der Waals surface area contributed by atoms with E-state index >= 15 is 0 Å². The van der Waals surface area contributed by atoms with Gasteiger partial charge >= 0.3 is 0 Å². The summed E-state index contributed by atoms with van der Waals surface area (Å²) in [5.74, 6) is 0. The van der Waals surface area contributed by atoms with Crippen LogP contribution in [0.4, 0.5) is 0 Å². The Bertz CT molecular complexity index is 120. The molecule has 1 heterocycles. The molecule has 8 heavy (non-hydrogen) atoms. The van der Waals surface area contributed by atoms with Crippen molar-refractivity contribution in [3.05, 3.63) is 10.3 Å². The molecule has 2 N–H and O–H groups in total. The zero-order valence-corrected chi connectivity index (χ0v) is 6.38. The minimum absolute atomic E-state index is 0.865. The van der Waals surface area contributed by atoms with Gasteiger partial charge in [0.05, 0.1) is 11.3 Å². The van der Waals surface area contributed by atoms with Crippen LogP contribution >= 0.6 is 15.9 Å². The molecular formula is C5H9BrN2. The van der Waals surface area contributed by atoms with Gasteiger partial charge in [-0.25, -0.2) is 0 Å². The van der Waals surface area contributed by atoms with Crippen LogP contribution in [0.1, 0.15) is 13.3 Å². The number of allylic oxidation sites excluding steroid dienone is 1. The van der Waals surface area contributed by atoms with E-state index in [1.54, 1.807) is 0 Å². The van der Waals surface area contributed by atoms with Crippen LogP contribution in [0.25, 0.3) is 0 Å². The predicted molar refractivity (Wildman–Crippen MR) is 37.4 cm³/mol. The van der Waals surface area contributed by atoms with Crippen molar-refractivity contribution >= 4 is 15.9 Å². The summed E-state index contributed by atoms with van der Waals surface area (Å²) >= 11 is 3.37. The average Bonchev–Trinajstić information content (AvgIpc) is 2.14. The van der Waals surface area contributed by atoms with Gasteiger partial charge in [-0.15, -0.1) is 0 Å². The summed E-state index contributed by atoms with van der Waals surface area (Å²) in [6.45, 7) is 2.99. The van der Waals surface area contributed by atoms with Gasteiger partial charge in [0.1, 0.15) is 0 Å². The van der Waals surface area contributed by atoms with Crippen LogP contribution < -0.4 is 10.6 Å². The first-order valence-electron chi connectivity index (χ1n) is 2.71. The Labute approximate surface area is 57.5 Å². The first-order valence-corrected chi connectivity index (χ1v) is 3.50. The van der Waals surface area contributed by atoms with E-state index in [2.05, 4.69) is 33.5 Å². The lowest BCUT2D eigenvalue weighted by Gasteiger charge is -1.94. The molecule has 0 bridgehead atoms. The molecule has 0 unspecified atom stereocenters. The maximum atomic E-state index is 3.37. The number of halogens is 1. The molecular weight excluding hydrogens is 168 g/mol. The van der Waals surface area contributed by atoms with E-state index in [-0.39, 0.29) is 0 Å². The normalized spacial score (nSPS) is 18.2. The maximum Gasteiger partial charge on any atom is 0.0986 e. The van der Waals surface area contributed by atoms with Crippen molar-refractivity contribution in [3.8, 4) is 0 Å². The molecule has 0 fully saturated rings. The Morgan fingerprint density at radius 2 is 2.38 bits per heavy atom. The summed E-state index contributed by atoms with van der Waals surface area (Å²) in [7, 11) is 0. The zero-order chi connectivity index (χ0) is 5.98. The summed E-state index contributed by atoms with van der Waals surface area (Å²) < 4.78 is 1.11. The van der Waals surface area contributed by atoms with Crippen molar-refractivity contribution in [2.45, 2.75) is 13.3 Å². The van der Waals surface area contributed by atoms with Crippen LogP contribution in [0, 0.1) is 0 Å². The van der Waals surface area contributed by atoms with Gasteiger partial charge in [0, 0.05) is 5.70 Å². The Kier molecular flexibility index (Phi) is 1.78. The Morgan fingerprint density at radius 3 is 2.62 bits per heavy atom. The highest BCUT2D eigenvalue weighted by molar-refractivity contribution is 9.11. The zero-order valence-electron chi connectivity index (χ0n) is 4.79. The molecule has 0 saturated carbocycles. The van der Waals surface area contributed by atoms with E-state index in [1.807, 2.05) is 0 Å². The molecule has 2 nitrogen and oxygen atoms in total. The van der Waals surface area contributed by atoms with Crippen LogP contribution in [0.2, 0.25) is 0 Å². The highest BCUT2D eigenvalue weighted by Crippen LogP contribution is 2.12. The molecule has 0 radical (unpaired) electrons. The Balaban J connectivity index is 2.58. The van der Waals surface area contributed by atoms with Gasteiger partial charge in [-0.2, -0.15) is 0 Å². The lowest BCUT2D eigenvalue weighted by atomic mass is 10.4. The Hall–Kier alpha value is -0.180. The topological polar surface area (TPSA) is 24.1 Å². The van der Waals surface area contributed by atoms with Crippen LogP contribution in [-0.2, 0) is 0 Å². The lowest BCUT2D eigenvalue weighted by molar-refractivity contribution is 0.790. The second-order valence-electron chi connectivity index (χ2n) is 1.68. The summed E-state index contributed by atoms with van der Waals surface area (Å²) in [6, 6.07) is 0. The number of rotatable bonds is 1. The van der Waals surface area contributed by atoms with E-state index in [0.29, 0.717) is 0 Å². The monoisotopic (exact) mass is 176 g/mol. The quantitative estimate of drug-likeness (QED) is 0.586. The molecule has 0 amide bonds. The summed E-state index contributed by atoms with van der Waals surface area (Å²) in [5.41, 5.74) is 1.27. The van der Waals surface area contributed by atoms with Crippen LogP contribution in [0.3, 0.4) is 0 Å². The molecule has 0 aromatic heterocycles. The molecule has 1 aliphatic heterocycles. The molecule has 3 heteroatoms. The van der Waals surface area contributed by atoms with Gasteiger partial charge < -0.3 is 10.6 Å². The van der Waals surface area contributed by atoms with Crippen molar-refractivity contribution in [3.63, 3.8) is 0 Å². The van der Waals surface area contributed by atoms with Gasteiger partial charge in [-0.05, 0) is 22.4 Å². The smallest absolute Gasteiger partial charge is 0.0986 e. The largest absolute Gasteiger partial charge is 0.369 e. The fourth-order valence-electron chi connectivity index (χ4n) is 0.693. The third-order valence-electron chi connectivity index (χ3n) is 1.16. The second kappa shape index (κ2) is 2.40. The minimum Gasteiger partial charge on any atom is -0.369 e. The van der Waals surface area contributed by atoms with Gasteiger partial charge in [0.25, 0.3) is 0 Å². The molecule has 0 aliphatic carbocycles. The van der Waals surface area contributed by atoms with Crippen molar-refractivity contribution in [2.75, 3.05) is 6.67 Å². The fraction of sp³-hybridized carbons (Fsp3) is 0.600. The van der Waals surface area contributed by atoms with Gasteiger partial charge in [-0.3, -0.25) is 0 Å². The van der Waals surface area contributed by atoms with Crippen molar-refractivity contribution in [1.29, 1.82) is 0 Å². The fourth-order valence-corrected chi connectivity index (χ4v) is 1.25. The van der Waals surface area contributed by atoms with Crippen LogP contribution in [0.15, 0.2) is 10.3 Å². The van der Waals surface area contributed by atoms with Crippen LogP contribution in [0.5, 0.6) is 0 Å². The van der Waals surface area contributed by atoms with Crippen LogP contribution in [-0.4, -0.2) is 6.67 Å². The third kappa shape index (κ3) is 0.968. The molecule has 0 aromatic rings. The maximum absolute atomic E-state index is 3.37. The summed E-state index contributed by atoms with van der Waals surface area (Å²) in [5, 5.41) is 6.28. The molecule has 0 aromatic carbocycles. The molecule has 1 rings (SSSR count). The van der Waals surface area contributed by atoms with E-state index in [9.17, 15) is 0 Å². The predicted octanol–water partition coefficient (Wildman–Crippen LogP) is 1.11.